The maximum atomic E-state index is 12.3. The predicted octanol–water partition coefficient (Wildman–Crippen LogP) is 3.83. The number of rotatable bonds is 5. The number of halogens is 1. The van der Waals surface area contributed by atoms with Crippen LogP contribution in [-0.4, -0.2) is 55.0 Å². The van der Waals surface area contributed by atoms with Gasteiger partial charge in [-0.05, 0) is 81.4 Å². The highest BCUT2D eigenvalue weighted by atomic mass is 79.9. The Morgan fingerprint density at radius 1 is 1.12 bits per heavy atom. The van der Waals surface area contributed by atoms with E-state index in [1.165, 1.54) is 45.3 Å². The number of likely N-dealkylation sites (tertiary alicyclic amines) is 2. The highest BCUT2D eigenvalue weighted by Gasteiger charge is 2.25. The van der Waals surface area contributed by atoms with Crippen molar-refractivity contribution >= 4 is 27.5 Å². The molecule has 1 aromatic rings. The Morgan fingerprint density at radius 2 is 1.84 bits per heavy atom. The summed E-state index contributed by atoms with van der Waals surface area (Å²) in [6.45, 7) is 8.68. The van der Waals surface area contributed by atoms with E-state index >= 15 is 0 Å². The Bertz CT molecular complexity index is 555. The Labute approximate surface area is 160 Å². The molecule has 1 unspecified atom stereocenters. The molecule has 25 heavy (non-hydrogen) atoms. The van der Waals surface area contributed by atoms with E-state index in [4.69, 9.17) is 0 Å². The fraction of sp³-hybridized carbons (Fsp3) is 0.650. The van der Waals surface area contributed by atoms with Crippen molar-refractivity contribution in [3.8, 4) is 0 Å². The summed E-state index contributed by atoms with van der Waals surface area (Å²) in [5, 5.41) is 3.01. The molecule has 4 nitrogen and oxygen atoms in total. The first-order chi connectivity index (χ1) is 12.1. The minimum atomic E-state index is 0.0924. The summed E-state index contributed by atoms with van der Waals surface area (Å²) in [5.74, 6) is 1.69. The van der Waals surface area contributed by atoms with Crippen LogP contribution < -0.4 is 5.32 Å². The molecular formula is C20H30BrN3O. The first-order valence-corrected chi connectivity index (χ1v) is 10.4. The van der Waals surface area contributed by atoms with Crippen molar-refractivity contribution in [2.75, 3.05) is 44.6 Å². The van der Waals surface area contributed by atoms with Crippen LogP contribution in [0.4, 0.5) is 5.69 Å². The number of hydrogen-bond donors (Lipinski definition) is 1. The summed E-state index contributed by atoms with van der Waals surface area (Å²) in [5.41, 5.74) is 0.865. The number of carbonyl (C=O) groups excluding carboxylic acids is 1. The largest absolute Gasteiger partial charge is 0.325 e. The molecule has 1 amide bonds. The molecule has 5 heteroatoms. The third-order valence-corrected chi connectivity index (χ3v) is 6.02. The van der Waals surface area contributed by atoms with Gasteiger partial charge in [0.2, 0.25) is 5.91 Å². The molecule has 1 N–H and O–H groups in total. The van der Waals surface area contributed by atoms with Gasteiger partial charge in [-0.25, -0.2) is 0 Å². The normalized spacial score (nSPS) is 23.5. The summed E-state index contributed by atoms with van der Waals surface area (Å²) in [6, 6.07) is 7.76. The van der Waals surface area contributed by atoms with Crippen LogP contribution in [0.25, 0.3) is 0 Å². The molecule has 0 aliphatic carbocycles. The van der Waals surface area contributed by atoms with Crippen molar-refractivity contribution in [2.24, 2.45) is 11.8 Å². The molecule has 2 heterocycles. The van der Waals surface area contributed by atoms with Gasteiger partial charge in [-0.3, -0.25) is 9.69 Å². The Kier molecular flexibility index (Phi) is 6.91. The van der Waals surface area contributed by atoms with E-state index in [-0.39, 0.29) is 5.91 Å². The lowest BCUT2D eigenvalue weighted by Crippen LogP contribution is -2.45. The van der Waals surface area contributed by atoms with Crippen molar-refractivity contribution in [3.05, 3.63) is 28.7 Å². The summed E-state index contributed by atoms with van der Waals surface area (Å²) >= 11 is 3.42. The lowest BCUT2D eigenvalue weighted by molar-refractivity contribution is -0.117. The molecule has 1 atom stereocenters. The number of amides is 1. The van der Waals surface area contributed by atoms with Gasteiger partial charge in [-0.1, -0.05) is 22.9 Å². The number of carbonyl (C=O) groups is 1. The van der Waals surface area contributed by atoms with Gasteiger partial charge >= 0.3 is 0 Å². The third kappa shape index (κ3) is 6.08. The van der Waals surface area contributed by atoms with Crippen LogP contribution in [0.2, 0.25) is 0 Å². The molecule has 1 aromatic carbocycles. The number of nitrogens with one attached hydrogen (secondary N) is 1. The minimum absolute atomic E-state index is 0.0924. The molecule has 0 spiro atoms. The average Bonchev–Trinajstić information content (AvgIpc) is 2.59. The SMILES string of the molecule is CC1CCN(CC2CCCN(CC(=O)Nc3ccc(Br)cc3)C2)CC1. The lowest BCUT2D eigenvalue weighted by atomic mass is 9.94. The van der Waals surface area contributed by atoms with E-state index in [0.29, 0.717) is 12.5 Å². The van der Waals surface area contributed by atoms with Crippen molar-refractivity contribution in [2.45, 2.75) is 32.6 Å². The first kappa shape index (κ1) is 18.9. The van der Waals surface area contributed by atoms with Gasteiger partial charge in [-0.15, -0.1) is 0 Å². The van der Waals surface area contributed by atoms with Crippen molar-refractivity contribution in [3.63, 3.8) is 0 Å². The molecule has 138 valence electrons. The summed E-state index contributed by atoms with van der Waals surface area (Å²) in [4.78, 5) is 17.3. The summed E-state index contributed by atoms with van der Waals surface area (Å²) in [7, 11) is 0. The molecule has 3 rings (SSSR count). The zero-order valence-corrected chi connectivity index (χ0v) is 16.8. The summed E-state index contributed by atoms with van der Waals surface area (Å²) in [6.07, 6.45) is 5.19. The number of hydrogen-bond acceptors (Lipinski definition) is 3. The Balaban J connectivity index is 1.43. The van der Waals surface area contributed by atoms with Crippen LogP contribution >= 0.6 is 15.9 Å². The fourth-order valence-corrected chi connectivity index (χ4v) is 4.25. The molecule has 0 saturated carbocycles. The first-order valence-electron chi connectivity index (χ1n) is 9.58. The van der Waals surface area contributed by atoms with Gasteiger partial charge < -0.3 is 10.2 Å². The molecular weight excluding hydrogens is 378 g/mol. The van der Waals surface area contributed by atoms with E-state index in [2.05, 4.69) is 38.0 Å². The quantitative estimate of drug-likeness (QED) is 0.805. The lowest BCUT2D eigenvalue weighted by Gasteiger charge is -2.37. The maximum absolute atomic E-state index is 12.3. The van der Waals surface area contributed by atoms with Crippen LogP contribution in [0.15, 0.2) is 28.7 Å². The molecule has 0 bridgehead atoms. The van der Waals surface area contributed by atoms with Gasteiger partial charge in [0.25, 0.3) is 0 Å². The molecule has 0 aromatic heterocycles. The predicted molar refractivity (Wildman–Crippen MR) is 107 cm³/mol. The number of nitrogens with zero attached hydrogens (tertiary/aromatic N) is 2. The zero-order valence-electron chi connectivity index (χ0n) is 15.2. The molecule has 2 aliphatic heterocycles. The average molecular weight is 408 g/mol. The van der Waals surface area contributed by atoms with E-state index in [1.54, 1.807) is 0 Å². The third-order valence-electron chi connectivity index (χ3n) is 5.49. The number of benzene rings is 1. The molecule has 2 saturated heterocycles. The highest BCUT2D eigenvalue weighted by Crippen LogP contribution is 2.22. The van der Waals surface area contributed by atoms with E-state index < -0.39 is 0 Å². The van der Waals surface area contributed by atoms with Crippen molar-refractivity contribution in [1.29, 1.82) is 0 Å². The monoisotopic (exact) mass is 407 g/mol. The Hall–Kier alpha value is -0.910. The van der Waals surface area contributed by atoms with E-state index in [1.807, 2.05) is 24.3 Å². The van der Waals surface area contributed by atoms with Gasteiger partial charge in [0.1, 0.15) is 0 Å². The van der Waals surface area contributed by atoms with E-state index in [9.17, 15) is 4.79 Å². The topological polar surface area (TPSA) is 35.6 Å². The van der Waals surface area contributed by atoms with Crippen LogP contribution in [0.1, 0.15) is 32.6 Å². The highest BCUT2D eigenvalue weighted by molar-refractivity contribution is 9.10. The van der Waals surface area contributed by atoms with Gasteiger partial charge in [0.05, 0.1) is 6.54 Å². The Morgan fingerprint density at radius 3 is 2.56 bits per heavy atom. The van der Waals surface area contributed by atoms with Crippen LogP contribution in [-0.2, 0) is 4.79 Å². The molecule has 0 radical (unpaired) electrons. The molecule has 2 fully saturated rings. The van der Waals surface area contributed by atoms with Crippen molar-refractivity contribution < 1.29 is 4.79 Å². The second kappa shape index (κ2) is 9.15. The minimum Gasteiger partial charge on any atom is -0.325 e. The second-order valence-electron chi connectivity index (χ2n) is 7.78. The smallest absolute Gasteiger partial charge is 0.238 e. The van der Waals surface area contributed by atoms with Crippen LogP contribution in [0, 0.1) is 11.8 Å². The second-order valence-corrected chi connectivity index (χ2v) is 8.70. The van der Waals surface area contributed by atoms with Crippen LogP contribution in [0.3, 0.4) is 0 Å². The maximum Gasteiger partial charge on any atom is 0.238 e. The standard InChI is InChI=1S/C20H30BrN3O/c1-16-8-11-23(12-9-16)13-17-3-2-10-24(14-17)15-20(25)22-19-6-4-18(21)5-7-19/h4-7,16-17H,2-3,8-15H2,1H3,(H,22,25). The fourth-order valence-electron chi connectivity index (χ4n) is 3.99. The van der Waals surface area contributed by atoms with Crippen molar-refractivity contribution in [1.82, 2.24) is 9.80 Å². The number of anilines is 1. The molecule has 2 aliphatic rings. The van der Waals surface area contributed by atoms with Gasteiger partial charge in [0.15, 0.2) is 0 Å². The van der Waals surface area contributed by atoms with Gasteiger partial charge in [0, 0.05) is 23.2 Å². The van der Waals surface area contributed by atoms with Crippen LogP contribution in [0.5, 0.6) is 0 Å². The zero-order chi connectivity index (χ0) is 17.6. The number of piperidine rings is 2. The summed E-state index contributed by atoms with van der Waals surface area (Å²) < 4.78 is 1.02. The van der Waals surface area contributed by atoms with Gasteiger partial charge in [-0.2, -0.15) is 0 Å². The van der Waals surface area contributed by atoms with E-state index in [0.717, 1.165) is 29.2 Å².